The summed E-state index contributed by atoms with van der Waals surface area (Å²) in [6.45, 7) is 5.83. The Bertz CT molecular complexity index is 1010. The molecule has 150 valence electrons. The molecule has 2 aromatic carbocycles. The zero-order chi connectivity index (χ0) is 20.6. The van der Waals surface area contributed by atoms with Gasteiger partial charge < -0.3 is 9.84 Å². The number of fused-ring (bicyclic) bond motifs is 1. The Morgan fingerprint density at radius 3 is 2.83 bits per heavy atom. The summed E-state index contributed by atoms with van der Waals surface area (Å²) < 4.78 is 20.0. The average molecular weight is 392 g/mol. The van der Waals surface area contributed by atoms with Gasteiger partial charge in [-0.3, -0.25) is 4.98 Å². The first-order valence-corrected chi connectivity index (χ1v) is 9.72. The first kappa shape index (κ1) is 20.7. The number of unbranched alkanes of at least 4 members (excludes halogenated alkanes) is 1. The van der Waals surface area contributed by atoms with Gasteiger partial charge in [-0.2, -0.15) is 0 Å². The molecule has 1 unspecified atom stereocenters. The number of halogens is 1. The summed E-state index contributed by atoms with van der Waals surface area (Å²) in [5, 5.41) is 9.26. The van der Waals surface area contributed by atoms with Gasteiger partial charge in [-0.15, -0.1) is 0 Å². The smallest absolute Gasteiger partial charge is 0.131 e. The zero-order valence-corrected chi connectivity index (χ0v) is 16.5. The summed E-state index contributed by atoms with van der Waals surface area (Å²) >= 11 is 0. The first-order chi connectivity index (χ1) is 14.1. The van der Waals surface area contributed by atoms with Gasteiger partial charge in [-0.25, -0.2) is 9.37 Å². The summed E-state index contributed by atoms with van der Waals surface area (Å²) in [5.41, 5.74) is 3.26. The minimum Gasteiger partial charge on any atom is -0.489 e. The molecule has 0 saturated heterocycles. The molecule has 0 fully saturated rings. The van der Waals surface area contributed by atoms with Gasteiger partial charge in [0.25, 0.3) is 0 Å². The molecule has 0 bridgehead atoms. The molecule has 4 nitrogen and oxygen atoms in total. The maximum absolute atomic E-state index is 14.5. The highest BCUT2D eigenvalue weighted by atomic mass is 19.1. The van der Waals surface area contributed by atoms with Crippen LogP contribution in [-0.2, 0) is 0 Å². The minimum absolute atomic E-state index is 0.297. The summed E-state index contributed by atoms with van der Waals surface area (Å²) in [6.07, 6.45) is 9.16. The lowest BCUT2D eigenvalue weighted by molar-refractivity contribution is 0.182. The number of hydrogen-bond donors (Lipinski definition) is 1. The fraction of sp³-hybridized carbons (Fsp3) is 0.250. The molecule has 3 aromatic rings. The monoisotopic (exact) mass is 392 g/mol. The van der Waals surface area contributed by atoms with E-state index in [4.69, 9.17) is 4.74 Å². The van der Waals surface area contributed by atoms with Gasteiger partial charge in [0, 0.05) is 17.2 Å². The molecule has 0 aliphatic rings. The van der Waals surface area contributed by atoms with Crippen LogP contribution in [0.5, 0.6) is 5.75 Å². The van der Waals surface area contributed by atoms with Crippen molar-refractivity contribution < 1.29 is 14.2 Å². The van der Waals surface area contributed by atoms with Crippen molar-refractivity contribution in [3.8, 4) is 17.0 Å². The predicted octanol–water partition coefficient (Wildman–Crippen LogP) is 5.57. The fourth-order valence-electron chi connectivity index (χ4n) is 2.94. The molecule has 0 aliphatic carbocycles. The van der Waals surface area contributed by atoms with Crippen molar-refractivity contribution >= 4 is 17.1 Å². The number of nitrogens with zero attached hydrogens (tertiary/aromatic N) is 2. The van der Waals surface area contributed by atoms with Crippen LogP contribution in [0, 0.1) is 5.82 Å². The number of benzene rings is 2. The largest absolute Gasteiger partial charge is 0.489 e. The third kappa shape index (κ3) is 5.72. The van der Waals surface area contributed by atoms with Crippen molar-refractivity contribution in [3.05, 3.63) is 72.7 Å². The van der Waals surface area contributed by atoms with Crippen molar-refractivity contribution in [2.24, 2.45) is 0 Å². The molecule has 0 aliphatic heterocycles. The van der Waals surface area contributed by atoms with Gasteiger partial charge in [0.1, 0.15) is 18.2 Å². The van der Waals surface area contributed by atoms with Gasteiger partial charge in [0.2, 0.25) is 0 Å². The number of rotatable bonds is 9. The first-order valence-electron chi connectivity index (χ1n) is 9.72. The van der Waals surface area contributed by atoms with E-state index in [1.807, 2.05) is 30.3 Å². The minimum atomic E-state index is -0.302. The lowest BCUT2D eigenvalue weighted by Gasteiger charge is -2.07. The highest BCUT2D eigenvalue weighted by molar-refractivity contribution is 5.78. The molecule has 1 N–H and O–H groups in total. The standard InChI is InChI=1S/C24H25FN2O2/c1-3-13-29-20-11-12-22-23(15-20)26-16-24(27-22)19-10-9-18(21(25)14-19)8-6-4-5-7-17(2)28/h3,6,8-12,14-17,28H,1,4-5,7,13H2,2H3/b8-6+. The molecule has 0 radical (unpaired) electrons. The molecule has 3 rings (SSSR count). The topological polar surface area (TPSA) is 55.2 Å². The van der Waals surface area contributed by atoms with Gasteiger partial charge in [-0.05, 0) is 44.4 Å². The van der Waals surface area contributed by atoms with Crippen molar-refractivity contribution in [1.82, 2.24) is 9.97 Å². The normalized spacial score (nSPS) is 12.4. The van der Waals surface area contributed by atoms with Gasteiger partial charge in [0.05, 0.1) is 29.0 Å². The van der Waals surface area contributed by atoms with E-state index in [0.29, 0.717) is 34.7 Å². The Balaban J connectivity index is 1.74. The maximum atomic E-state index is 14.5. The van der Waals surface area contributed by atoms with Crippen LogP contribution in [-0.4, -0.2) is 27.8 Å². The van der Waals surface area contributed by atoms with Crippen molar-refractivity contribution in [2.75, 3.05) is 6.61 Å². The van der Waals surface area contributed by atoms with Crippen LogP contribution in [0.2, 0.25) is 0 Å². The molecule has 1 atom stereocenters. The van der Waals surface area contributed by atoms with Crippen molar-refractivity contribution in [2.45, 2.75) is 32.3 Å². The lowest BCUT2D eigenvalue weighted by Crippen LogP contribution is -1.97. The molecule has 1 aromatic heterocycles. The number of aliphatic hydroxyl groups excluding tert-OH is 1. The van der Waals surface area contributed by atoms with Crippen LogP contribution in [0.3, 0.4) is 0 Å². The molecular formula is C24H25FN2O2. The van der Waals surface area contributed by atoms with Crippen molar-refractivity contribution in [1.29, 1.82) is 0 Å². The van der Waals surface area contributed by atoms with Crippen LogP contribution in [0.15, 0.2) is 61.3 Å². The van der Waals surface area contributed by atoms with Gasteiger partial charge >= 0.3 is 0 Å². The third-order valence-corrected chi connectivity index (χ3v) is 4.47. The molecule has 0 spiro atoms. The summed E-state index contributed by atoms with van der Waals surface area (Å²) in [4.78, 5) is 9.03. The molecule has 1 heterocycles. The quantitative estimate of drug-likeness (QED) is 0.382. The second kappa shape index (κ2) is 9.94. The summed E-state index contributed by atoms with van der Waals surface area (Å²) in [7, 11) is 0. The number of aliphatic hydroxyl groups is 1. The Morgan fingerprint density at radius 2 is 2.07 bits per heavy atom. The molecular weight excluding hydrogens is 367 g/mol. The van der Waals surface area contributed by atoms with Gasteiger partial charge in [-0.1, -0.05) is 36.9 Å². The number of allylic oxidation sites excluding steroid dienone is 1. The van der Waals surface area contributed by atoms with E-state index in [-0.39, 0.29) is 11.9 Å². The Morgan fingerprint density at radius 1 is 1.21 bits per heavy atom. The van der Waals surface area contributed by atoms with Crippen LogP contribution >= 0.6 is 0 Å². The van der Waals surface area contributed by atoms with E-state index < -0.39 is 0 Å². The lowest BCUT2D eigenvalue weighted by atomic mass is 10.1. The molecule has 0 saturated carbocycles. The SMILES string of the molecule is C=CCOc1ccc2nc(-c3ccc(/C=C/CCCC(C)O)c(F)c3)cnc2c1. The van der Waals surface area contributed by atoms with E-state index in [0.717, 1.165) is 24.8 Å². The van der Waals surface area contributed by atoms with Gasteiger partial charge in [0.15, 0.2) is 0 Å². The number of ether oxygens (including phenoxy) is 1. The fourth-order valence-corrected chi connectivity index (χ4v) is 2.94. The highest BCUT2D eigenvalue weighted by Gasteiger charge is 2.07. The number of aromatic nitrogens is 2. The van der Waals surface area contributed by atoms with E-state index >= 15 is 0 Å². The molecule has 29 heavy (non-hydrogen) atoms. The molecule has 0 amide bonds. The van der Waals surface area contributed by atoms with Crippen LogP contribution in [0.1, 0.15) is 31.7 Å². The van der Waals surface area contributed by atoms with Crippen LogP contribution in [0.4, 0.5) is 4.39 Å². The predicted molar refractivity (Wildman–Crippen MR) is 115 cm³/mol. The average Bonchev–Trinajstić information content (AvgIpc) is 2.72. The molecule has 5 heteroatoms. The van der Waals surface area contributed by atoms with E-state index in [1.165, 1.54) is 6.07 Å². The second-order valence-corrected chi connectivity index (χ2v) is 6.92. The zero-order valence-electron chi connectivity index (χ0n) is 16.5. The third-order valence-electron chi connectivity index (χ3n) is 4.47. The Kier molecular flexibility index (Phi) is 7.09. The summed E-state index contributed by atoms with van der Waals surface area (Å²) in [5.74, 6) is 0.402. The Labute approximate surface area is 170 Å². The van der Waals surface area contributed by atoms with Crippen LogP contribution < -0.4 is 4.74 Å². The van der Waals surface area contributed by atoms with E-state index in [9.17, 15) is 9.50 Å². The highest BCUT2D eigenvalue weighted by Crippen LogP contribution is 2.24. The number of hydrogen-bond acceptors (Lipinski definition) is 4. The van der Waals surface area contributed by atoms with Crippen LogP contribution in [0.25, 0.3) is 28.4 Å². The Hall–Kier alpha value is -3.05. The maximum Gasteiger partial charge on any atom is 0.131 e. The van der Waals surface area contributed by atoms with E-state index in [2.05, 4.69) is 16.5 Å². The van der Waals surface area contributed by atoms with Crippen molar-refractivity contribution in [3.63, 3.8) is 0 Å². The van der Waals surface area contributed by atoms with E-state index in [1.54, 1.807) is 31.3 Å². The summed E-state index contributed by atoms with van der Waals surface area (Å²) in [6, 6.07) is 10.6. The second-order valence-electron chi connectivity index (χ2n) is 6.92.